The van der Waals surface area contributed by atoms with Crippen molar-refractivity contribution in [1.29, 1.82) is 0 Å². The molecule has 0 fully saturated rings. The van der Waals surface area contributed by atoms with Crippen LogP contribution >= 0.6 is 0 Å². The van der Waals surface area contributed by atoms with Crippen LogP contribution in [-0.2, 0) is 0 Å². The highest BCUT2D eigenvalue weighted by Crippen LogP contribution is 2.46. The van der Waals surface area contributed by atoms with Gasteiger partial charge in [-0.15, -0.1) is 0 Å². The summed E-state index contributed by atoms with van der Waals surface area (Å²) in [6, 6.07) is 8.01. The molecule has 6 heteroatoms. The fourth-order valence-corrected chi connectivity index (χ4v) is 3.38. The lowest BCUT2D eigenvalue weighted by atomic mass is 10.1. The summed E-state index contributed by atoms with van der Waals surface area (Å²) >= 11 is 0. The first-order chi connectivity index (χ1) is 12.7. The number of aromatic amines is 2. The molecular formula is C20H22N4O2. The Hall–Kier alpha value is -3.15. The predicted molar refractivity (Wildman–Crippen MR) is 104 cm³/mol. The van der Waals surface area contributed by atoms with E-state index in [1.807, 2.05) is 26.0 Å². The number of hydrogen-bond acceptors (Lipinski definition) is 4. The normalized spacial score (nSPS) is 11.2. The van der Waals surface area contributed by atoms with Crippen LogP contribution in [0.15, 0.2) is 36.7 Å². The van der Waals surface area contributed by atoms with Crippen LogP contribution in [0.25, 0.3) is 22.0 Å². The Bertz CT molecular complexity index is 1000. The number of rotatable bonds is 6. The Balaban J connectivity index is 1.84. The van der Waals surface area contributed by atoms with E-state index in [0.29, 0.717) is 13.2 Å². The zero-order valence-electron chi connectivity index (χ0n) is 15.1. The maximum Gasteiger partial charge on any atom is 0.161 e. The van der Waals surface area contributed by atoms with Gasteiger partial charge in [-0.2, -0.15) is 0 Å². The summed E-state index contributed by atoms with van der Waals surface area (Å²) in [5, 5.41) is 12.2. The Labute approximate surface area is 151 Å². The van der Waals surface area contributed by atoms with Gasteiger partial charge < -0.3 is 14.8 Å². The van der Waals surface area contributed by atoms with Crippen molar-refractivity contribution in [3.63, 3.8) is 0 Å². The second kappa shape index (κ2) is 6.63. The van der Waals surface area contributed by atoms with Crippen molar-refractivity contribution in [2.24, 2.45) is 0 Å². The number of pyridine rings is 1. The number of aromatic nitrogens is 3. The second-order valence-electron chi connectivity index (χ2n) is 6.08. The van der Waals surface area contributed by atoms with Crippen molar-refractivity contribution in [1.82, 2.24) is 15.2 Å². The van der Waals surface area contributed by atoms with Gasteiger partial charge in [0.1, 0.15) is 5.82 Å². The molecule has 3 N–H and O–H groups in total. The highest BCUT2D eigenvalue weighted by molar-refractivity contribution is 6.08. The average Bonchev–Trinajstić information content (AvgIpc) is 3.17. The zero-order valence-corrected chi connectivity index (χ0v) is 15.1. The molecule has 1 aromatic carbocycles. The van der Waals surface area contributed by atoms with Crippen molar-refractivity contribution in [3.05, 3.63) is 42.2 Å². The van der Waals surface area contributed by atoms with Gasteiger partial charge >= 0.3 is 0 Å². The van der Waals surface area contributed by atoms with E-state index in [1.54, 1.807) is 12.4 Å². The monoisotopic (exact) mass is 350 g/mol. The third-order valence-corrected chi connectivity index (χ3v) is 4.48. The van der Waals surface area contributed by atoms with E-state index in [4.69, 9.17) is 9.47 Å². The number of H-pyrrole nitrogens is 2. The van der Waals surface area contributed by atoms with Crippen LogP contribution in [0.5, 0.6) is 11.5 Å². The minimum Gasteiger partial charge on any atom is -0.490 e. The molecule has 0 saturated heterocycles. The summed E-state index contributed by atoms with van der Waals surface area (Å²) < 4.78 is 11.6. The lowest BCUT2D eigenvalue weighted by molar-refractivity contribution is 0.288. The predicted octanol–water partition coefficient (Wildman–Crippen LogP) is 4.85. The van der Waals surface area contributed by atoms with Gasteiger partial charge in [0.2, 0.25) is 0 Å². The molecule has 0 radical (unpaired) electrons. The number of nitrogens with zero attached hydrogens (tertiary/aromatic N) is 1. The van der Waals surface area contributed by atoms with Crippen LogP contribution < -0.4 is 14.8 Å². The number of aryl methyl sites for hydroxylation is 1. The van der Waals surface area contributed by atoms with Crippen molar-refractivity contribution < 1.29 is 9.47 Å². The highest BCUT2D eigenvalue weighted by atomic mass is 16.5. The second-order valence-corrected chi connectivity index (χ2v) is 6.08. The summed E-state index contributed by atoms with van der Waals surface area (Å²) in [5.74, 6) is 2.46. The molecule has 1 aliphatic carbocycles. The van der Waals surface area contributed by atoms with Gasteiger partial charge in [0.25, 0.3) is 0 Å². The minimum absolute atomic E-state index is 0.596. The summed E-state index contributed by atoms with van der Waals surface area (Å²) in [5.41, 5.74) is 4.29. The number of hydrogen-bond donors (Lipinski definition) is 3. The van der Waals surface area contributed by atoms with Crippen molar-refractivity contribution >= 4 is 22.3 Å². The van der Waals surface area contributed by atoms with Gasteiger partial charge in [0.05, 0.1) is 30.8 Å². The Morgan fingerprint density at radius 2 is 1.77 bits per heavy atom. The van der Waals surface area contributed by atoms with Crippen LogP contribution in [0.3, 0.4) is 0 Å². The minimum atomic E-state index is 0.596. The first kappa shape index (κ1) is 16.3. The molecule has 1 aliphatic heterocycles. The summed E-state index contributed by atoms with van der Waals surface area (Å²) in [6.45, 7) is 7.28. The zero-order chi connectivity index (χ0) is 18.1. The molecule has 1 aromatic heterocycles. The Morgan fingerprint density at radius 3 is 2.42 bits per heavy atom. The Morgan fingerprint density at radius 1 is 1.04 bits per heavy atom. The lowest BCUT2D eigenvalue weighted by Gasteiger charge is -2.11. The summed E-state index contributed by atoms with van der Waals surface area (Å²) in [6.07, 6.45) is 3.55. The van der Waals surface area contributed by atoms with E-state index in [0.717, 1.165) is 45.0 Å². The molecule has 2 aliphatic rings. The molecule has 0 spiro atoms. The highest BCUT2D eigenvalue weighted by Gasteiger charge is 2.23. The van der Waals surface area contributed by atoms with Gasteiger partial charge in [0, 0.05) is 17.1 Å². The van der Waals surface area contributed by atoms with Gasteiger partial charge in [-0.1, -0.05) is 0 Å². The van der Waals surface area contributed by atoms with Gasteiger partial charge in [-0.25, -0.2) is 0 Å². The number of anilines is 2. The van der Waals surface area contributed by atoms with Gasteiger partial charge in [-0.05, 0) is 56.0 Å². The fourth-order valence-electron chi connectivity index (χ4n) is 3.38. The molecule has 2 aromatic rings. The van der Waals surface area contributed by atoms with Crippen LogP contribution in [-0.4, -0.2) is 28.4 Å². The molecule has 0 bridgehead atoms. The first-order valence-electron chi connectivity index (χ1n) is 8.81. The molecule has 6 nitrogen and oxygen atoms in total. The molecular weight excluding hydrogens is 328 g/mol. The average molecular weight is 350 g/mol. The third-order valence-electron chi connectivity index (χ3n) is 4.48. The maximum absolute atomic E-state index is 5.79. The number of fused-ring (bicyclic) bond motifs is 3. The van der Waals surface area contributed by atoms with E-state index in [9.17, 15) is 0 Å². The Kier molecular flexibility index (Phi) is 4.16. The largest absolute Gasteiger partial charge is 0.490 e. The van der Waals surface area contributed by atoms with Gasteiger partial charge in [-0.3, -0.25) is 15.2 Å². The molecule has 2 heterocycles. The van der Waals surface area contributed by atoms with Crippen molar-refractivity contribution in [3.8, 4) is 22.8 Å². The summed E-state index contributed by atoms with van der Waals surface area (Å²) in [4.78, 5) is 4.15. The molecule has 134 valence electrons. The smallest absolute Gasteiger partial charge is 0.161 e. The number of nitrogens with one attached hydrogen (secondary N) is 3. The van der Waals surface area contributed by atoms with Crippen molar-refractivity contribution in [2.75, 3.05) is 18.5 Å². The van der Waals surface area contributed by atoms with E-state index in [-0.39, 0.29) is 0 Å². The van der Waals surface area contributed by atoms with Crippen LogP contribution in [0.1, 0.15) is 19.4 Å². The standard InChI is InChI=1S/C20H22N4O2/c1-4-25-16-9-14-12(3)18-19(15(14)10-17(16)26-5-2)23-24-20(18)22-13-7-6-8-21-11-13/h6-11,22-24H,4-5H2,1-3H3. The van der Waals surface area contributed by atoms with E-state index in [2.05, 4.69) is 39.6 Å². The molecule has 0 atom stereocenters. The number of ether oxygens (including phenoxy) is 2. The van der Waals surface area contributed by atoms with E-state index in [1.165, 1.54) is 5.56 Å². The van der Waals surface area contributed by atoms with Crippen LogP contribution in [0.2, 0.25) is 0 Å². The van der Waals surface area contributed by atoms with Crippen molar-refractivity contribution in [2.45, 2.75) is 20.8 Å². The van der Waals surface area contributed by atoms with E-state index >= 15 is 0 Å². The first-order valence-corrected chi connectivity index (χ1v) is 8.81. The fraction of sp³-hybridized carbons (Fsp3) is 0.250. The molecule has 26 heavy (non-hydrogen) atoms. The molecule has 4 rings (SSSR count). The third kappa shape index (κ3) is 2.63. The molecule has 0 unspecified atom stereocenters. The molecule has 0 saturated carbocycles. The van der Waals surface area contributed by atoms with Crippen LogP contribution in [0, 0.1) is 6.92 Å². The SMILES string of the molecule is CCOc1cc2c3[nH][nH]c(Nc4cccnc4)c-3c(C)c2cc1OCC. The van der Waals surface area contributed by atoms with Crippen LogP contribution in [0.4, 0.5) is 11.5 Å². The summed E-state index contributed by atoms with van der Waals surface area (Å²) in [7, 11) is 0. The number of benzene rings is 1. The van der Waals surface area contributed by atoms with Gasteiger partial charge in [0.15, 0.2) is 11.5 Å². The maximum atomic E-state index is 5.79. The quantitative estimate of drug-likeness (QED) is 0.465. The topological polar surface area (TPSA) is 75.0 Å². The molecule has 0 amide bonds. The lowest BCUT2D eigenvalue weighted by Crippen LogP contribution is -1.98. The van der Waals surface area contributed by atoms with E-state index < -0.39 is 0 Å².